The van der Waals surface area contributed by atoms with Crippen LogP contribution in [0, 0.1) is 0 Å². The Labute approximate surface area is 142 Å². The van der Waals surface area contributed by atoms with Crippen LogP contribution in [-0.4, -0.2) is 15.0 Å². The zero-order valence-corrected chi connectivity index (χ0v) is 13.9. The molecule has 120 valence electrons. The SMILES string of the molecule is CC(CCc1nc2ccccc2c(=O)o1)c1nc2ccncc2s1. The minimum absolute atomic E-state index is 0.265. The zero-order valence-electron chi connectivity index (χ0n) is 13.1. The van der Waals surface area contributed by atoms with Gasteiger partial charge in [0, 0.05) is 24.7 Å². The summed E-state index contributed by atoms with van der Waals surface area (Å²) in [6.07, 6.45) is 5.02. The van der Waals surface area contributed by atoms with Crippen molar-refractivity contribution < 1.29 is 4.42 Å². The molecule has 3 heterocycles. The first-order chi connectivity index (χ1) is 11.7. The van der Waals surface area contributed by atoms with E-state index >= 15 is 0 Å². The molecule has 1 unspecified atom stereocenters. The molecule has 4 rings (SSSR count). The molecule has 1 atom stereocenters. The summed E-state index contributed by atoms with van der Waals surface area (Å²) in [6.45, 7) is 2.13. The standard InChI is InChI=1S/C18H15N3O2S/c1-11(17-21-14-8-9-19-10-15(14)24-17)6-7-16-20-13-5-3-2-4-12(13)18(22)23-16/h2-5,8-11H,6-7H2,1H3. The normalized spacial score (nSPS) is 12.7. The van der Waals surface area contributed by atoms with E-state index in [0.717, 1.165) is 21.6 Å². The molecule has 0 aliphatic rings. The van der Waals surface area contributed by atoms with Crippen LogP contribution in [0.5, 0.6) is 0 Å². The first-order valence-corrected chi connectivity index (χ1v) is 8.61. The molecule has 6 heteroatoms. The van der Waals surface area contributed by atoms with Gasteiger partial charge in [-0.05, 0) is 24.6 Å². The smallest absolute Gasteiger partial charge is 0.346 e. The third-order valence-electron chi connectivity index (χ3n) is 4.00. The van der Waals surface area contributed by atoms with Gasteiger partial charge < -0.3 is 4.42 Å². The summed E-state index contributed by atoms with van der Waals surface area (Å²) >= 11 is 1.66. The maximum absolute atomic E-state index is 12.0. The molecule has 0 saturated carbocycles. The van der Waals surface area contributed by atoms with Crippen molar-refractivity contribution in [1.82, 2.24) is 15.0 Å². The average molecular weight is 337 g/mol. The van der Waals surface area contributed by atoms with E-state index in [9.17, 15) is 4.79 Å². The number of fused-ring (bicyclic) bond motifs is 2. The fourth-order valence-corrected chi connectivity index (χ4v) is 3.66. The molecule has 0 aliphatic heterocycles. The topological polar surface area (TPSA) is 68.9 Å². The van der Waals surface area contributed by atoms with E-state index in [4.69, 9.17) is 4.42 Å². The molecule has 0 saturated heterocycles. The average Bonchev–Trinajstić information content (AvgIpc) is 3.04. The molecule has 0 N–H and O–H groups in total. The monoisotopic (exact) mass is 337 g/mol. The van der Waals surface area contributed by atoms with Gasteiger partial charge in [0.1, 0.15) is 0 Å². The van der Waals surface area contributed by atoms with Crippen LogP contribution in [0.4, 0.5) is 0 Å². The minimum Gasteiger partial charge on any atom is -0.408 e. The molecule has 0 bridgehead atoms. The van der Waals surface area contributed by atoms with Crippen LogP contribution in [0.1, 0.15) is 30.2 Å². The van der Waals surface area contributed by atoms with Crippen molar-refractivity contribution in [2.24, 2.45) is 0 Å². The van der Waals surface area contributed by atoms with Crippen molar-refractivity contribution >= 4 is 32.5 Å². The minimum atomic E-state index is -0.325. The highest BCUT2D eigenvalue weighted by molar-refractivity contribution is 7.18. The van der Waals surface area contributed by atoms with Crippen LogP contribution in [0.15, 0.2) is 51.9 Å². The number of nitrogens with zero attached hydrogens (tertiary/aromatic N) is 3. The van der Waals surface area contributed by atoms with Crippen LogP contribution >= 0.6 is 11.3 Å². The van der Waals surface area contributed by atoms with Crippen molar-refractivity contribution in [1.29, 1.82) is 0 Å². The number of para-hydroxylation sites is 1. The number of hydrogen-bond donors (Lipinski definition) is 0. The number of aryl methyl sites for hydroxylation is 1. The van der Waals surface area contributed by atoms with Gasteiger partial charge in [-0.25, -0.2) is 14.8 Å². The highest BCUT2D eigenvalue weighted by Crippen LogP contribution is 2.29. The van der Waals surface area contributed by atoms with Crippen LogP contribution in [0.2, 0.25) is 0 Å². The van der Waals surface area contributed by atoms with Gasteiger partial charge in [0.25, 0.3) is 0 Å². The van der Waals surface area contributed by atoms with Crippen LogP contribution in [0.3, 0.4) is 0 Å². The molecule has 3 aromatic heterocycles. The number of benzene rings is 1. The van der Waals surface area contributed by atoms with Gasteiger partial charge >= 0.3 is 5.63 Å². The third kappa shape index (κ3) is 2.80. The number of aromatic nitrogens is 3. The first kappa shape index (κ1) is 15.0. The highest BCUT2D eigenvalue weighted by Gasteiger charge is 2.14. The fraction of sp³-hybridized carbons (Fsp3) is 0.222. The molecule has 0 aliphatic carbocycles. The second-order valence-corrected chi connectivity index (χ2v) is 6.81. The van der Waals surface area contributed by atoms with E-state index < -0.39 is 0 Å². The maximum Gasteiger partial charge on any atom is 0.346 e. The number of rotatable bonds is 4. The Hall–Kier alpha value is -2.60. The molecule has 5 nitrogen and oxygen atoms in total. The summed E-state index contributed by atoms with van der Waals surface area (Å²) < 4.78 is 6.43. The zero-order chi connectivity index (χ0) is 16.5. The highest BCUT2D eigenvalue weighted by atomic mass is 32.1. The summed E-state index contributed by atoms with van der Waals surface area (Å²) in [5.74, 6) is 0.745. The second-order valence-electron chi connectivity index (χ2n) is 5.75. The van der Waals surface area contributed by atoms with Crippen molar-refractivity contribution in [3.8, 4) is 0 Å². The Morgan fingerprint density at radius 2 is 2.04 bits per heavy atom. The summed E-state index contributed by atoms with van der Waals surface area (Å²) in [7, 11) is 0. The van der Waals surface area contributed by atoms with Gasteiger partial charge in [-0.15, -0.1) is 11.3 Å². The van der Waals surface area contributed by atoms with Crippen molar-refractivity contribution in [2.45, 2.75) is 25.7 Å². The van der Waals surface area contributed by atoms with E-state index in [0.29, 0.717) is 23.2 Å². The quantitative estimate of drug-likeness (QED) is 0.564. The van der Waals surface area contributed by atoms with E-state index in [-0.39, 0.29) is 11.5 Å². The van der Waals surface area contributed by atoms with Crippen molar-refractivity contribution in [2.75, 3.05) is 0 Å². The van der Waals surface area contributed by atoms with Crippen LogP contribution in [0.25, 0.3) is 21.1 Å². The van der Waals surface area contributed by atoms with Gasteiger partial charge in [0.15, 0.2) is 5.89 Å². The third-order valence-corrected chi connectivity index (χ3v) is 5.24. The Balaban J connectivity index is 1.54. The molecule has 24 heavy (non-hydrogen) atoms. The van der Waals surface area contributed by atoms with Crippen molar-refractivity contribution in [3.05, 3.63) is 64.0 Å². The fourth-order valence-electron chi connectivity index (χ4n) is 2.64. The van der Waals surface area contributed by atoms with E-state index in [2.05, 4.69) is 21.9 Å². The maximum atomic E-state index is 12.0. The second kappa shape index (κ2) is 6.13. The molecule has 0 fully saturated rings. The Kier molecular flexibility index (Phi) is 3.82. The molecular weight excluding hydrogens is 322 g/mol. The molecule has 0 amide bonds. The number of thiazole rings is 1. The Morgan fingerprint density at radius 3 is 2.92 bits per heavy atom. The van der Waals surface area contributed by atoms with Gasteiger partial charge in [-0.3, -0.25) is 4.98 Å². The van der Waals surface area contributed by atoms with Crippen molar-refractivity contribution in [3.63, 3.8) is 0 Å². The summed E-state index contributed by atoms with van der Waals surface area (Å²) in [6, 6.07) is 9.17. The summed E-state index contributed by atoms with van der Waals surface area (Å²) in [4.78, 5) is 25.2. The summed E-state index contributed by atoms with van der Waals surface area (Å²) in [5.41, 5.74) is 1.34. The Bertz CT molecular complexity index is 1040. The van der Waals surface area contributed by atoms with Gasteiger partial charge in [-0.2, -0.15) is 0 Å². The molecular formula is C18H15N3O2S. The van der Waals surface area contributed by atoms with Gasteiger partial charge in [0.2, 0.25) is 0 Å². The number of pyridine rings is 1. The lowest BCUT2D eigenvalue weighted by Gasteiger charge is -2.07. The molecule has 1 aromatic carbocycles. The van der Waals surface area contributed by atoms with Gasteiger partial charge in [0.05, 0.1) is 26.1 Å². The lowest BCUT2D eigenvalue weighted by Crippen LogP contribution is -2.06. The van der Waals surface area contributed by atoms with E-state index in [1.807, 2.05) is 30.5 Å². The molecule has 0 spiro atoms. The first-order valence-electron chi connectivity index (χ1n) is 7.80. The predicted molar refractivity (Wildman–Crippen MR) is 94.4 cm³/mol. The largest absolute Gasteiger partial charge is 0.408 e. The number of hydrogen-bond acceptors (Lipinski definition) is 6. The van der Waals surface area contributed by atoms with Gasteiger partial charge in [-0.1, -0.05) is 19.1 Å². The van der Waals surface area contributed by atoms with Crippen LogP contribution in [-0.2, 0) is 6.42 Å². The van der Waals surface area contributed by atoms with Crippen LogP contribution < -0.4 is 5.63 Å². The molecule has 0 radical (unpaired) electrons. The van der Waals surface area contributed by atoms with E-state index in [1.165, 1.54) is 0 Å². The van der Waals surface area contributed by atoms with E-state index in [1.54, 1.807) is 23.6 Å². The summed E-state index contributed by atoms with van der Waals surface area (Å²) in [5, 5.41) is 1.59. The lowest BCUT2D eigenvalue weighted by molar-refractivity contribution is 0.432. The lowest BCUT2D eigenvalue weighted by atomic mass is 10.1. The predicted octanol–water partition coefficient (Wildman–Crippen LogP) is 3.93. The Morgan fingerprint density at radius 1 is 1.17 bits per heavy atom. The molecule has 4 aromatic rings.